The summed E-state index contributed by atoms with van der Waals surface area (Å²) in [5, 5.41) is 0.0297. The number of nitrogens with zero attached hydrogens (tertiary/aromatic N) is 1. The predicted octanol–water partition coefficient (Wildman–Crippen LogP) is 3.96. The normalized spacial score (nSPS) is 21.5. The van der Waals surface area contributed by atoms with Gasteiger partial charge in [0.05, 0.1) is 12.4 Å². The molecule has 0 aromatic heterocycles. The molecule has 0 saturated carbocycles. The molecule has 1 unspecified atom stereocenters. The second-order valence-corrected chi connectivity index (χ2v) is 6.68. The van der Waals surface area contributed by atoms with Crippen LogP contribution < -0.4 is 0 Å². The Morgan fingerprint density at radius 1 is 1.53 bits per heavy atom. The average molecular weight is 348 g/mol. The Morgan fingerprint density at radius 3 is 2.84 bits per heavy atom. The van der Waals surface area contributed by atoms with Crippen molar-refractivity contribution in [2.24, 2.45) is 4.40 Å². The van der Waals surface area contributed by atoms with Crippen LogP contribution in [-0.4, -0.2) is 24.0 Å². The van der Waals surface area contributed by atoms with E-state index in [1.807, 2.05) is 19.9 Å². The lowest BCUT2D eigenvalue weighted by Gasteiger charge is -2.35. The first-order valence-corrected chi connectivity index (χ1v) is 7.46. The predicted molar refractivity (Wildman–Crippen MR) is 78.8 cm³/mol. The first kappa shape index (κ1) is 14.7. The number of hydrogen-bond donors (Lipinski definition) is 0. The molecule has 1 aliphatic rings. The minimum Gasteiger partial charge on any atom is -0.453 e. The van der Waals surface area contributed by atoms with Gasteiger partial charge in [0.25, 0.3) is 0 Å². The van der Waals surface area contributed by atoms with Crippen LogP contribution in [0.5, 0.6) is 0 Å². The lowest BCUT2D eigenvalue weighted by Crippen LogP contribution is -2.43. The highest BCUT2D eigenvalue weighted by atomic mass is 79.9. The van der Waals surface area contributed by atoms with E-state index in [1.165, 1.54) is 25.1 Å². The summed E-state index contributed by atoms with van der Waals surface area (Å²) in [4.78, 5) is 0. The maximum atomic E-state index is 13.9. The highest BCUT2D eigenvalue weighted by molar-refractivity contribution is 9.10. The van der Waals surface area contributed by atoms with E-state index in [0.717, 1.165) is 4.47 Å². The maximum absolute atomic E-state index is 13.9. The maximum Gasteiger partial charge on any atom is 0.395 e. The molecule has 1 aromatic carbocycles. The third kappa shape index (κ3) is 3.42. The minimum atomic E-state index is -0.461. The molecule has 1 aromatic rings. The van der Waals surface area contributed by atoms with Crippen LogP contribution in [0.1, 0.15) is 19.4 Å². The molecule has 0 saturated heterocycles. The van der Waals surface area contributed by atoms with Gasteiger partial charge in [0, 0.05) is 4.47 Å². The van der Waals surface area contributed by atoms with Crippen molar-refractivity contribution in [3.63, 3.8) is 0 Å². The summed E-state index contributed by atoms with van der Waals surface area (Å²) in [5.74, 6) is -0.215. The summed E-state index contributed by atoms with van der Waals surface area (Å²) in [7, 11) is 1.52. The lowest BCUT2D eigenvalue weighted by atomic mass is 9.97. The van der Waals surface area contributed by atoms with Crippen molar-refractivity contribution in [3.8, 4) is 0 Å². The van der Waals surface area contributed by atoms with Crippen molar-refractivity contribution in [1.82, 2.24) is 0 Å². The van der Waals surface area contributed by atoms with Crippen LogP contribution in [0.25, 0.3) is 0 Å². The van der Waals surface area contributed by atoms with Gasteiger partial charge in [-0.05, 0) is 49.9 Å². The minimum absolute atomic E-state index is 0.0297. The highest BCUT2D eigenvalue weighted by Gasteiger charge is 2.38. The second-order valence-electron chi connectivity index (χ2n) is 4.80. The third-order valence-electron chi connectivity index (χ3n) is 2.98. The Morgan fingerprint density at radius 2 is 2.26 bits per heavy atom. The van der Waals surface area contributed by atoms with Gasteiger partial charge in [-0.25, -0.2) is 4.39 Å². The standard InChI is InChI=1S/C13H15BrFNO2S/c1-13(2)11(19-16-12(17-3)18-13)6-8-4-5-9(14)7-10(8)15/h4-5,7,11H,6H2,1-3H3. The van der Waals surface area contributed by atoms with E-state index >= 15 is 0 Å². The Labute approximate surface area is 124 Å². The summed E-state index contributed by atoms with van der Waals surface area (Å²) >= 11 is 4.62. The Balaban J connectivity index is 2.17. The molecule has 19 heavy (non-hydrogen) atoms. The van der Waals surface area contributed by atoms with Gasteiger partial charge in [-0.2, -0.15) is 0 Å². The zero-order valence-electron chi connectivity index (χ0n) is 10.9. The number of hydrogen-bond acceptors (Lipinski definition) is 4. The van der Waals surface area contributed by atoms with E-state index in [0.29, 0.717) is 12.0 Å². The van der Waals surface area contributed by atoms with Gasteiger partial charge in [0.1, 0.15) is 11.4 Å². The smallest absolute Gasteiger partial charge is 0.395 e. The van der Waals surface area contributed by atoms with E-state index in [2.05, 4.69) is 20.3 Å². The summed E-state index contributed by atoms with van der Waals surface area (Å²) in [6, 6.07) is 5.09. The van der Waals surface area contributed by atoms with E-state index < -0.39 is 5.60 Å². The zero-order chi connectivity index (χ0) is 14.0. The van der Waals surface area contributed by atoms with Crippen molar-refractivity contribution >= 4 is 34.0 Å². The molecule has 3 nitrogen and oxygen atoms in total. The number of rotatable bonds is 2. The first-order chi connectivity index (χ1) is 8.92. The van der Waals surface area contributed by atoms with Crippen molar-refractivity contribution in [2.45, 2.75) is 31.1 Å². The van der Waals surface area contributed by atoms with Crippen LogP contribution in [0.3, 0.4) is 0 Å². The fourth-order valence-corrected chi connectivity index (χ4v) is 3.01. The van der Waals surface area contributed by atoms with Crippen molar-refractivity contribution in [1.29, 1.82) is 0 Å². The van der Waals surface area contributed by atoms with E-state index in [9.17, 15) is 4.39 Å². The summed E-state index contributed by atoms with van der Waals surface area (Å²) in [6.45, 7) is 3.91. The molecule has 0 N–H and O–H groups in total. The molecule has 1 atom stereocenters. The van der Waals surface area contributed by atoms with Crippen LogP contribution in [0, 0.1) is 5.82 Å². The van der Waals surface area contributed by atoms with Crippen LogP contribution in [-0.2, 0) is 15.9 Å². The summed E-state index contributed by atoms with van der Waals surface area (Å²) in [6.07, 6.45) is 0.819. The van der Waals surface area contributed by atoms with E-state index in [1.54, 1.807) is 6.07 Å². The molecular weight excluding hydrogens is 333 g/mol. The molecule has 0 amide bonds. The van der Waals surface area contributed by atoms with Crippen molar-refractivity contribution in [2.75, 3.05) is 7.11 Å². The van der Waals surface area contributed by atoms with Crippen LogP contribution in [0.2, 0.25) is 0 Å². The molecule has 1 aliphatic heterocycles. The number of ether oxygens (including phenoxy) is 2. The molecule has 0 radical (unpaired) electrons. The lowest BCUT2D eigenvalue weighted by molar-refractivity contribution is 0.0479. The topological polar surface area (TPSA) is 30.8 Å². The third-order valence-corrected chi connectivity index (χ3v) is 4.71. The molecule has 104 valence electrons. The van der Waals surface area contributed by atoms with Crippen molar-refractivity contribution in [3.05, 3.63) is 34.1 Å². The van der Waals surface area contributed by atoms with Gasteiger partial charge in [0.15, 0.2) is 0 Å². The number of methoxy groups -OCH3 is 1. The SMILES string of the molecule is COC1=NSC(Cc2ccc(Br)cc2F)C(C)(C)O1. The van der Waals surface area contributed by atoms with Gasteiger partial charge >= 0.3 is 6.08 Å². The van der Waals surface area contributed by atoms with Crippen LogP contribution >= 0.6 is 27.9 Å². The van der Waals surface area contributed by atoms with Gasteiger partial charge in [-0.15, -0.1) is 4.40 Å². The number of halogens is 2. The molecule has 6 heteroatoms. The monoisotopic (exact) mass is 347 g/mol. The Kier molecular flexibility index (Phi) is 4.40. The largest absolute Gasteiger partial charge is 0.453 e. The molecule has 0 bridgehead atoms. The highest BCUT2D eigenvalue weighted by Crippen LogP contribution is 2.35. The fraction of sp³-hybridized carbons (Fsp3) is 0.462. The summed E-state index contributed by atoms with van der Waals surface area (Å²) < 4.78 is 29.4. The molecular formula is C13H15BrFNO2S. The molecule has 2 rings (SSSR count). The zero-order valence-corrected chi connectivity index (χ0v) is 13.3. The quantitative estimate of drug-likeness (QED) is 0.758. The summed E-state index contributed by atoms with van der Waals surface area (Å²) in [5.41, 5.74) is 0.200. The Hall–Kier alpha value is -0.750. The molecule has 0 aliphatic carbocycles. The van der Waals surface area contributed by atoms with Gasteiger partial charge < -0.3 is 9.47 Å². The fourth-order valence-electron chi connectivity index (χ4n) is 1.79. The van der Waals surface area contributed by atoms with Crippen LogP contribution in [0.4, 0.5) is 4.39 Å². The Bertz CT molecular complexity index is 507. The average Bonchev–Trinajstić information content (AvgIpc) is 2.34. The van der Waals surface area contributed by atoms with E-state index in [4.69, 9.17) is 9.47 Å². The second kappa shape index (κ2) is 5.71. The molecule has 0 spiro atoms. The molecule has 0 fully saturated rings. The van der Waals surface area contributed by atoms with Gasteiger partial charge in [-0.1, -0.05) is 22.0 Å². The van der Waals surface area contributed by atoms with Gasteiger partial charge in [-0.3, -0.25) is 0 Å². The van der Waals surface area contributed by atoms with Gasteiger partial charge in [0.2, 0.25) is 0 Å². The van der Waals surface area contributed by atoms with E-state index in [-0.39, 0.29) is 17.2 Å². The number of benzene rings is 1. The van der Waals surface area contributed by atoms with Crippen molar-refractivity contribution < 1.29 is 13.9 Å². The molecule has 1 heterocycles. The first-order valence-electron chi connectivity index (χ1n) is 5.83. The van der Waals surface area contributed by atoms with Crippen LogP contribution in [0.15, 0.2) is 27.1 Å².